The summed E-state index contributed by atoms with van der Waals surface area (Å²) in [5.74, 6) is -0.687. The van der Waals surface area contributed by atoms with Gasteiger partial charge in [0, 0.05) is 17.3 Å². The van der Waals surface area contributed by atoms with Gasteiger partial charge in [-0.05, 0) is 36.4 Å². The second-order valence-electron chi connectivity index (χ2n) is 6.43. The van der Waals surface area contributed by atoms with E-state index < -0.39 is 30.2 Å². The van der Waals surface area contributed by atoms with Gasteiger partial charge in [0.05, 0.1) is 5.56 Å². The quantitative estimate of drug-likeness (QED) is 0.597. The highest BCUT2D eigenvalue weighted by Gasteiger charge is 2.30. The maximum absolute atomic E-state index is 12.9. The fraction of sp³-hybridized carbons (Fsp3) is 0.143. The number of alkyl halides is 3. The largest absolute Gasteiger partial charge is 0.454 e. The van der Waals surface area contributed by atoms with Gasteiger partial charge in [-0.1, -0.05) is 12.1 Å². The van der Waals surface area contributed by atoms with Crippen LogP contribution in [-0.4, -0.2) is 25.3 Å². The second kappa shape index (κ2) is 8.05. The van der Waals surface area contributed by atoms with Crippen LogP contribution in [0.1, 0.15) is 16.1 Å². The Balaban J connectivity index is 1.35. The summed E-state index contributed by atoms with van der Waals surface area (Å²) in [7, 11) is 0. The van der Waals surface area contributed by atoms with Crippen molar-refractivity contribution in [1.82, 2.24) is 0 Å². The summed E-state index contributed by atoms with van der Waals surface area (Å²) < 4.78 is 59.2. The van der Waals surface area contributed by atoms with Crippen molar-refractivity contribution in [2.24, 2.45) is 0 Å². The van der Waals surface area contributed by atoms with Crippen LogP contribution in [0.3, 0.4) is 0 Å². The van der Waals surface area contributed by atoms with Crippen molar-refractivity contribution < 1.29 is 41.4 Å². The Bertz CT molecular complexity index is 1140. The number of hydrogen-bond donors (Lipinski definition) is 1. The van der Waals surface area contributed by atoms with Crippen molar-refractivity contribution in [3.05, 3.63) is 65.9 Å². The summed E-state index contributed by atoms with van der Waals surface area (Å²) in [6, 6.07) is 11.9. The minimum Gasteiger partial charge on any atom is -0.454 e. The number of carbonyl (C=O) groups is 2. The lowest BCUT2D eigenvalue weighted by atomic mass is 10.1. The first-order valence-electron chi connectivity index (χ1n) is 8.94. The van der Waals surface area contributed by atoms with E-state index in [-0.39, 0.29) is 23.9 Å². The summed E-state index contributed by atoms with van der Waals surface area (Å²) in [4.78, 5) is 24.1. The number of esters is 1. The SMILES string of the molecule is O=C(COC(=O)c1ccc(-c2cccc(C(F)(F)F)c2)o1)Nc1ccc2c(c1)OCO2. The van der Waals surface area contributed by atoms with Gasteiger partial charge in [0.25, 0.3) is 5.91 Å². The van der Waals surface area contributed by atoms with Gasteiger partial charge in [-0.15, -0.1) is 0 Å². The number of furan rings is 1. The Morgan fingerprint density at radius 3 is 2.61 bits per heavy atom. The first kappa shape index (κ1) is 20.3. The minimum atomic E-state index is -4.50. The lowest BCUT2D eigenvalue weighted by Gasteiger charge is -2.07. The molecule has 4 rings (SSSR count). The molecule has 2 aromatic carbocycles. The van der Waals surface area contributed by atoms with Crippen LogP contribution < -0.4 is 14.8 Å². The lowest BCUT2D eigenvalue weighted by molar-refractivity contribution is -0.137. The Morgan fingerprint density at radius 1 is 1.00 bits per heavy atom. The zero-order valence-electron chi connectivity index (χ0n) is 15.7. The maximum atomic E-state index is 12.9. The molecule has 1 amide bonds. The number of rotatable bonds is 5. The van der Waals surface area contributed by atoms with Crippen molar-refractivity contribution in [3.63, 3.8) is 0 Å². The zero-order chi connectivity index (χ0) is 22.0. The molecule has 10 heteroatoms. The molecule has 1 aromatic heterocycles. The number of halogens is 3. The van der Waals surface area contributed by atoms with E-state index in [2.05, 4.69) is 5.32 Å². The summed E-state index contributed by atoms with van der Waals surface area (Å²) in [6.07, 6.45) is -4.50. The van der Waals surface area contributed by atoms with E-state index in [0.29, 0.717) is 17.2 Å². The number of anilines is 1. The molecule has 31 heavy (non-hydrogen) atoms. The summed E-state index contributed by atoms with van der Waals surface area (Å²) in [5.41, 5.74) is -0.268. The molecule has 7 nitrogen and oxygen atoms in total. The zero-order valence-corrected chi connectivity index (χ0v) is 15.7. The third-order valence-electron chi connectivity index (χ3n) is 4.27. The molecule has 0 spiro atoms. The fourth-order valence-corrected chi connectivity index (χ4v) is 2.83. The van der Waals surface area contributed by atoms with Crippen LogP contribution in [0, 0.1) is 0 Å². The van der Waals surface area contributed by atoms with Crippen molar-refractivity contribution in [1.29, 1.82) is 0 Å². The predicted octanol–water partition coefficient (Wildman–Crippen LogP) is 4.49. The van der Waals surface area contributed by atoms with Crippen molar-refractivity contribution in [2.45, 2.75) is 6.18 Å². The molecule has 1 aliphatic heterocycles. The van der Waals surface area contributed by atoms with Gasteiger partial charge >= 0.3 is 12.1 Å². The molecule has 0 saturated carbocycles. The van der Waals surface area contributed by atoms with E-state index in [1.165, 1.54) is 24.3 Å². The van der Waals surface area contributed by atoms with Crippen molar-refractivity contribution in [3.8, 4) is 22.8 Å². The Hall–Kier alpha value is -3.95. The molecule has 3 aromatic rings. The van der Waals surface area contributed by atoms with Crippen LogP contribution in [0.25, 0.3) is 11.3 Å². The van der Waals surface area contributed by atoms with Gasteiger partial charge in [-0.2, -0.15) is 13.2 Å². The van der Waals surface area contributed by atoms with Crippen LogP contribution in [0.15, 0.2) is 59.0 Å². The number of nitrogens with one attached hydrogen (secondary N) is 1. The van der Waals surface area contributed by atoms with Gasteiger partial charge in [-0.3, -0.25) is 4.79 Å². The molecular formula is C21H14F3NO6. The van der Waals surface area contributed by atoms with Crippen molar-refractivity contribution in [2.75, 3.05) is 18.7 Å². The standard InChI is InChI=1S/C21H14F3NO6/c22-21(23,24)13-3-1-2-12(8-13)15-6-7-17(31-15)20(27)28-10-19(26)25-14-4-5-16-18(9-14)30-11-29-16/h1-9H,10-11H2,(H,25,26). The minimum absolute atomic E-state index is 0.0582. The number of hydrogen-bond acceptors (Lipinski definition) is 6. The number of amides is 1. The van der Waals surface area contributed by atoms with E-state index in [4.69, 9.17) is 18.6 Å². The molecule has 1 aliphatic rings. The Labute approximate surface area is 173 Å². The highest BCUT2D eigenvalue weighted by molar-refractivity contribution is 5.95. The summed E-state index contributed by atoms with van der Waals surface area (Å²) >= 11 is 0. The number of ether oxygens (including phenoxy) is 3. The molecule has 0 atom stereocenters. The second-order valence-corrected chi connectivity index (χ2v) is 6.43. The van der Waals surface area contributed by atoms with E-state index in [1.807, 2.05) is 0 Å². The molecule has 160 valence electrons. The topological polar surface area (TPSA) is 87.0 Å². The monoisotopic (exact) mass is 433 g/mol. The molecule has 0 radical (unpaired) electrons. The molecule has 0 aliphatic carbocycles. The lowest BCUT2D eigenvalue weighted by Crippen LogP contribution is -2.20. The van der Waals surface area contributed by atoms with E-state index in [9.17, 15) is 22.8 Å². The average Bonchev–Trinajstić information content (AvgIpc) is 3.41. The molecule has 2 heterocycles. The van der Waals surface area contributed by atoms with Crippen LogP contribution >= 0.6 is 0 Å². The molecule has 0 saturated heterocycles. The maximum Gasteiger partial charge on any atom is 0.416 e. The van der Waals surface area contributed by atoms with Crippen LogP contribution in [0.5, 0.6) is 11.5 Å². The number of carbonyl (C=O) groups excluding carboxylic acids is 2. The third-order valence-corrected chi connectivity index (χ3v) is 4.27. The smallest absolute Gasteiger partial charge is 0.416 e. The van der Waals surface area contributed by atoms with Gasteiger partial charge < -0.3 is 23.9 Å². The fourth-order valence-electron chi connectivity index (χ4n) is 2.83. The van der Waals surface area contributed by atoms with Gasteiger partial charge in [0.1, 0.15) is 5.76 Å². The first-order chi connectivity index (χ1) is 14.8. The molecule has 0 fully saturated rings. The molecular weight excluding hydrogens is 419 g/mol. The average molecular weight is 433 g/mol. The van der Waals surface area contributed by atoms with Crippen LogP contribution in [0.4, 0.5) is 18.9 Å². The van der Waals surface area contributed by atoms with Crippen molar-refractivity contribution >= 4 is 17.6 Å². The normalized spacial score (nSPS) is 12.5. The van der Waals surface area contributed by atoms with E-state index >= 15 is 0 Å². The third kappa shape index (κ3) is 4.63. The Morgan fingerprint density at radius 2 is 1.81 bits per heavy atom. The molecule has 0 bridgehead atoms. The number of fused-ring (bicyclic) bond motifs is 1. The number of benzene rings is 2. The Kier molecular flexibility index (Phi) is 5.28. The molecule has 0 unspecified atom stereocenters. The van der Waals surface area contributed by atoms with E-state index in [1.54, 1.807) is 18.2 Å². The molecule has 1 N–H and O–H groups in total. The summed E-state index contributed by atoms with van der Waals surface area (Å²) in [5, 5.41) is 2.54. The van der Waals surface area contributed by atoms with Gasteiger partial charge in [-0.25, -0.2) is 4.79 Å². The predicted molar refractivity (Wildman–Crippen MR) is 101 cm³/mol. The van der Waals surface area contributed by atoms with Gasteiger partial charge in [0.2, 0.25) is 12.6 Å². The summed E-state index contributed by atoms with van der Waals surface area (Å²) in [6.45, 7) is -0.497. The van der Waals surface area contributed by atoms with E-state index in [0.717, 1.165) is 12.1 Å². The van der Waals surface area contributed by atoms with Crippen LogP contribution in [0.2, 0.25) is 0 Å². The highest BCUT2D eigenvalue weighted by Crippen LogP contribution is 2.34. The van der Waals surface area contributed by atoms with Gasteiger partial charge in [0.15, 0.2) is 18.1 Å². The van der Waals surface area contributed by atoms with Crippen LogP contribution in [-0.2, 0) is 15.7 Å². The highest BCUT2D eigenvalue weighted by atomic mass is 19.4. The first-order valence-corrected chi connectivity index (χ1v) is 8.94.